The number of fused-ring (bicyclic) bond motifs is 3. The van der Waals surface area contributed by atoms with E-state index in [2.05, 4.69) is 97.1 Å². The van der Waals surface area contributed by atoms with E-state index in [1.165, 1.54) is 22.3 Å². The molecule has 0 saturated carbocycles. The first-order valence-corrected chi connectivity index (χ1v) is 16.4. The Morgan fingerprint density at radius 1 is 0.265 bits per heavy atom. The van der Waals surface area contributed by atoms with E-state index in [0.29, 0.717) is 17.5 Å². The van der Waals surface area contributed by atoms with Crippen LogP contribution in [0.15, 0.2) is 180 Å². The van der Waals surface area contributed by atoms with E-state index >= 15 is 0 Å². The standard InChI is InChI=1S/C45H29N3O/c1-4-12-30(13-5-1)33-18-10-19-34(26-33)35-20-11-21-36(27-35)37-22-24-39-40-28-38(23-25-41(40)49-42(39)29-37)45-47-43(31-14-6-2-7-15-31)46-44(48-45)32-16-8-3-9-17-32/h1-29H. The minimum absolute atomic E-state index is 0.619. The largest absolute Gasteiger partial charge is 0.456 e. The van der Waals surface area contributed by atoms with Gasteiger partial charge in [0.2, 0.25) is 0 Å². The molecule has 0 bridgehead atoms. The zero-order valence-electron chi connectivity index (χ0n) is 26.5. The SMILES string of the molecule is c1ccc(-c2cccc(-c3cccc(-c4ccc5c(c4)oc4ccc(-c6nc(-c7ccccc7)nc(-c7ccccc7)n6)cc45)c3)c2)cc1. The third-order valence-corrected chi connectivity index (χ3v) is 8.93. The summed E-state index contributed by atoms with van der Waals surface area (Å²) in [5, 5.41) is 2.07. The summed E-state index contributed by atoms with van der Waals surface area (Å²) in [6.07, 6.45) is 0. The lowest BCUT2D eigenvalue weighted by Gasteiger charge is -2.09. The predicted octanol–water partition coefficient (Wildman–Crippen LogP) is 11.8. The van der Waals surface area contributed by atoms with Crippen LogP contribution in [-0.2, 0) is 0 Å². The van der Waals surface area contributed by atoms with E-state index in [1.807, 2.05) is 78.9 Å². The van der Waals surface area contributed by atoms with Gasteiger partial charge in [-0.2, -0.15) is 0 Å². The first-order valence-electron chi connectivity index (χ1n) is 16.4. The Labute approximate surface area is 284 Å². The zero-order chi connectivity index (χ0) is 32.6. The minimum Gasteiger partial charge on any atom is -0.456 e. The van der Waals surface area contributed by atoms with Crippen molar-refractivity contribution in [2.45, 2.75) is 0 Å². The van der Waals surface area contributed by atoms with E-state index in [4.69, 9.17) is 19.4 Å². The van der Waals surface area contributed by atoms with Crippen molar-refractivity contribution in [3.05, 3.63) is 176 Å². The molecule has 0 aliphatic heterocycles. The van der Waals surface area contributed by atoms with Gasteiger partial charge in [0.1, 0.15) is 11.2 Å². The zero-order valence-corrected chi connectivity index (χ0v) is 26.5. The molecule has 0 N–H and O–H groups in total. The smallest absolute Gasteiger partial charge is 0.164 e. The molecule has 0 aliphatic rings. The van der Waals surface area contributed by atoms with E-state index in [0.717, 1.165) is 49.8 Å². The van der Waals surface area contributed by atoms with Gasteiger partial charge in [-0.05, 0) is 75.8 Å². The van der Waals surface area contributed by atoms with E-state index in [1.54, 1.807) is 0 Å². The summed E-state index contributed by atoms with van der Waals surface area (Å²) in [7, 11) is 0. The van der Waals surface area contributed by atoms with Crippen molar-refractivity contribution in [2.75, 3.05) is 0 Å². The van der Waals surface area contributed by atoms with E-state index < -0.39 is 0 Å². The van der Waals surface area contributed by atoms with Crippen LogP contribution in [0.1, 0.15) is 0 Å². The van der Waals surface area contributed by atoms with Gasteiger partial charge in [-0.25, -0.2) is 15.0 Å². The second-order valence-corrected chi connectivity index (χ2v) is 12.1. The molecule has 0 aliphatic carbocycles. The third-order valence-electron chi connectivity index (χ3n) is 8.93. The number of furan rings is 1. The van der Waals surface area contributed by atoms with Crippen molar-refractivity contribution in [1.82, 2.24) is 15.0 Å². The van der Waals surface area contributed by atoms with Crippen LogP contribution in [0.5, 0.6) is 0 Å². The molecule has 9 aromatic rings. The molecule has 0 amide bonds. The molecule has 49 heavy (non-hydrogen) atoms. The Morgan fingerprint density at radius 2 is 0.694 bits per heavy atom. The van der Waals surface area contributed by atoms with Crippen LogP contribution in [-0.4, -0.2) is 15.0 Å². The molecular formula is C45H29N3O. The predicted molar refractivity (Wildman–Crippen MR) is 200 cm³/mol. The fourth-order valence-corrected chi connectivity index (χ4v) is 6.42. The van der Waals surface area contributed by atoms with Gasteiger partial charge in [0.25, 0.3) is 0 Å². The van der Waals surface area contributed by atoms with Crippen LogP contribution < -0.4 is 0 Å². The lowest BCUT2D eigenvalue weighted by Crippen LogP contribution is -2.00. The van der Waals surface area contributed by atoms with Crippen LogP contribution in [0.25, 0.3) is 89.5 Å². The summed E-state index contributed by atoms with van der Waals surface area (Å²) in [6, 6.07) is 60.6. The molecule has 230 valence electrons. The van der Waals surface area contributed by atoms with Crippen molar-refractivity contribution >= 4 is 21.9 Å². The maximum absolute atomic E-state index is 6.42. The van der Waals surface area contributed by atoms with Gasteiger partial charge in [0, 0.05) is 27.5 Å². The summed E-state index contributed by atoms with van der Waals surface area (Å²) in [5.41, 5.74) is 11.5. The summed E-state index contributed by atoms with van der Waals surface area (Å²) in [5.74, 6) is 1.90. The minimum atomic E-state index is 0.619. The fraction of sp³-hybridized carbons (Fsp3) is 0. The number of nitrogens with zero attached hydrogens (tertiary/aromatic N) is 3. The average molecular weight is 628 g/mol. The van der Waals surface area contributed by atoms with Crippen LogP contribution in [0.4, 0.5) is 0 Å². The summed E-state index contributed by atoms with van der Waals surface area (Å²) in [6.45, 7) is 0. The molecule has 0 atom stereocenters. The lowest BCUT2D eigenvalue weighted by atomic mass is 9.96. The van der Waals surface area contributed by atoms with Crippen LogP contribution in [0.2, 0.25) is 0 Å². The van der Waals surface area contributed by atoms with Gasteiger partial charge >= 0.3 is 0 Å². The molecule has 0 unspecified atom stereocenters. The van der Waals surface area contributed by atoms with Crippen molar-refractivity contribution in [3.63, 3.8) is 0 Å². The van der Waals surface area contributed by atoms with Gasteiger partial charge in [0.15, 0.2) is 17.5 Å². The van der Waals surface area contributed by atoms with Crippen LogP contribution >= 0.6 is 0 Å². The van der Waals surface area contributed by atoms with Crippen molar-refractivity contribution in [1.29, 1.82) is 0 Å². The second-order valence-electron chi connectivity index (χ2n) is 12.1. The van der Waals surface area contributed by atoms with Gasteiger partial charge in [0.05, 0.1) is 0 Å². The number of rotatable bonds is 6. The molecule has 0 saturated heterocycles. The molecule has 4 heteroatoms. The van der Waals surface area contributed by atoms with E-state index in [-0.39, 0.29) is 0 Å². The maximum Gasteiger partial charge on any atom is 0.164 e. The second kappa shape index (κ2) is 12.2. The Balaban J connectivity index is 1.09. The number of aromatic nitrogens is 3. The highest BCUT2D eigenvalue weighted by Gasteiger charge is 2.15. The summed E-state index contributed by atoms with van der Waals surface area (Å²) < 4.78 is 6.42. The van der Waals surface area contributed by atoms with Crippen molar-refractivity contribution < 1.29 is 4.42 Å². The quantitative estimate of drug-likeness (QED) is 0.184. The van der Waals surface area contributed by atoms with E-state index in [9.17, 15) is 0 Å². The van der Waals surface area contributed by atoms with Gasteiger partial charge in [-0.15, -0.1) is 0 Å². The Hall–Kier alpha value is -6.65. The highest BCUT2D eigenvalue weighted by Crippen LogP contribution is 2.36. The molecule has 4 nitrogen and oxygen atoms in total. The molecule has 0 radical (unpaired) electrons. The topological polar surface area (TPSA) is 51.8 Å². The summed E-state index contributed by atoms with van der Waals surface area (Å²) >= 11 is 0. The number of hydrogen-bond acceptors (Lipinski definition) is 4. The van der Waals surface area contributed by atoms with Gasteiger partial charge < -0.3 is 4.42 Å². The first-order chi connectivity index (χ1) is 24.2. The van der Waals surface area contributed by atoms with Crippen LogP contribution in [0.3, 0.4) is 0 Å². The third kappa shape index (κ3) is 5.56. The van der Waals surface area contributed by atoms with Crippen molar-refractivity contribution in [3.8, 4) is 67.5 Å². The fourth-order valence-electron chi connectivity index (χ4n) is 6.42. The number of hydrogen-bond donors (Lipinski definition) is 0. The number of benzene rings is 7. The molecule has 2 aromatic heterocycles. The maximum atomic E-state index is 6.42. The normalized spacial score (nSPS) is 11.3. The summed E-state index contributed by atoms with van der Waals surface area (Å²) in [4.78, 5) is 14.7. The first kappa shape index (κ1) is 28.6. The monoisotopic (exact) mass is 627 g/mol. The Morgan fingerprint density at radius 3 is 1.24 bits per heavy atom. The highest BCUT2D eigenvalue weighted by molar-refractivity contribution is 6.07. The molecule has 0 spiro atoms. The molecule has 9 rings (SSSR count). The molecule has 7 aromatic carbocycles. The highest BCUT2D eigenvalue weighted by atomic mass is 16.3. The van der Waals surface area contributed by atoms with Gasteiger partial charge in [-0.3, -0.25) is 0 Å². The van der Waals surface area contributed by atoms with Crippen LogP contribution in [0, 0.1) is 0 Å². The lowest BCUT2D eigenvalue weighted by molar-refractivity contribution is 0.669. The molecular weight excluding hydrogens is 599 g/mol. The Kier molecular flexibility index (Phi) is 7.10. The average Bonchev–Trinajstić information content (AvgIpc) is 3.56. The molecule has 0 fully saturated rings. The van der Waals surface area contributed by atoms with Crippen molar-refractivity contribution in [2.24, 2.45) is 0 Å². The van der Waals surface area contributed by atoms with Gasteiger partial charge in [-0.1, -0.05) is 133 Å². The Bertz CT molecular complexity index is 2540. The molecule has 2 heterocycles.